The van der Waals surface area contributed by atoms with Crippen LogP contribution in [0.1, 0.15) is 0 Å². The first-order valence-electron chi connectivity index (χ1n) is 4.98. The molecule has 2 aromatic heterocycles. The highest BCUT2D eigenvalue weighted by molar-refractivity contribution is 6.36. The summed E-state index contributed by atoms with van der Waals surface area (Å²) in [4.78, 5) is 8.04. The maximum absolute atomic E-state index is 5.56. The average molecular weight is 238 g/mol. The number of hydrogen-bond acceptors (Lipinski definition) is 5. The number of nitrogen functional groups attached to an aromatic ring is 1. The number of nitrogens with two attached hydrogens (primary N) is 1. The Kier molecular flexibility index (Phi) is 2.32. The van der Waals surface area contributed by atoms with Crippen molar-refractivity contribution in [1.29, 1.82) is 0 Å². The molecule has 6 heteroatoms. The summed E-state index contributed by atoms with van der Waals surface area (Å²) in [5.74, 6) is 0.263. The third kappa shape index (κ3) is 1.78. The second kappa shape index (κ2) is 3.84. The van der Waals surface area contributed by atoms with Crippen molar-refractivity contribution in [2.45, 2.75) is 0 Å². The van der Waals surface area contributed by atoms with Gasteiger partial charge in [-0.25, -0.2) is 9.97 Å². The summed E-state index contributed by atoms with van der Waals surface area (Å²) in [6.07, 6.45) is 1.64. The minimum absolute atomic E-state index is 0.263. The van der Waals surface area contributed by atoms with Gasteiger partial charge in [0.15, 0.2) is 0 Å². The Hall–Kier alpha value is -1.90. The number of hydrogen-bond donors (Lipinski definition) is 1. The summed E-state index contributed by atoms with van der Waals surface area (Å²) in [7, 11) is 0. The molecule has 5 nitrogen and oxygen atoms in total. The van der Waals surface area contributed by atoms with E-state index in [0.29, 0.717) is 4.62 Å². The van der Waals surface area contributed by atoms with Gasteiger partial charge >= 0.3 is 0 Å². The maximum Gasteiger partial charge on any atom is 0.247 e. The van der Waals surface area contributed by atoms with Crippen LogP contribution in [0.3, 0.4) is 0 Å². The van der Waals surface area contributed by atoms with E-state index in [-0.39, 0.29) is 5.95 Å². The predicted molar refractivity (Wildman–Crippen MR) is 64.8 cm³/mol. The van der Waals surface area contributed by atoms with Crippen LogP contribution in [0.25, 0.3) is 22.2 Å². The minimum Gasteiger partial charge on any atom is -0.382 e. The van der Waals surface area contributed by atoms with Crippen LogP contribution in [0.4, 0.5) is 5.95 Å². The summed E-state index contributed by atoms with van der Waals surface area (Å²) >= 11 is 2.51. The molecular formula is C11H7AlN4O. The van der Waals surface area contributed by atoms with Crippen LogP contribution in [0.2, 0.25) is 0 Å². The second-order valence-electron chi connectivity index (χ2n) is 3.58. The molecule has 3 rings (SSSR count). The Morgan fingerprint density at radius 3 is 2.94 bits per heavy atom. The van der Waals surface area contributed by atoms with E-state index in [1.54, 1.807) is 6.20 Å². The monoisotopic (exact) mass is 238 g/mol. The molecule has 2 radical (unpaired) electrons. The third-order valence-electron chi connectivity index (χ3n) is 2.47. The van der Waals surface area contributed by atoms with Gasteiger partial charge in [0.1, 0.15) is 5.52 Å². The van der Waals surface area contributed by atoms with Gasteiger partial charge in [-0.05, 0) is 18.2 Å². The van der Waals surface area contributed by atoms with E-state index >= 15 is 0 Å². The van der Waals surface area contributed by atoms with Crippen molar-refractivity contribution in [3.05, 3.63) is 30.5 Å². The van der Waals surface area contributed by atoms with E-state index < -0.39 is 0 Å². The number of benzene rings is 1. The number of aromatic nitrogens is 3. The molecule has 0 saturated heterocycles. The van der Waals surface area contributed by atoms with Gasteiger partial charge in [0.2, 0.25) is 22.2 Å². The molecule has 0 saturated carbocycles. The van der Waals surface area contributed by atoms with Crippen molar-refractivity contribution in [1.82, 2.24) is 15.1 Å². The number of rotatable bonds is 1. The lowest BCUT2D eigenvalue weighted by Crippen LogP contribution is -1.98. The van der Waals surface area contributed by atoms with Crippen LogP contribution in [-0.4, -0.2) is 31.4 Å². The molecule has 80 valence electrons. The molecule has 2 N–H and O–H groups in total. The second-order valence-corrected chi connectivity index (χ2v) is 4.10. The number of nitrogens with zero attached hydrogens (tertiary/aromatic N) is 3. The highest BCUT2D eigenvalue weighted by Gasteiger charge is 2.06. The van der Waals surface area contributed by atoms with Crippen molar-refractivity contribution >= 4 is 37.8 Å². The van der Waals surface area contributed by atoms with Crippen LogP contribution >= 0.6 is 0 Å². The Labute approximate surface area is 105 Å². The molecule has 0 spiro atoms. The molecule has 3 aromatic rings. The molecule has 17 heavy (non-hydrogen) atoms. The molecule has 0 amide bonds. The highest BCUT2D eigenvalue weighted by atomic mass is 27.0. The fraction of sp³-hybridized carbons (Fsp3) is 0. The van der Waals surface area contributed by atoms with Crippen molar-refractivity contribution in [2.75, 3.05) is 5.73 Å². The van der Waals surface area contributed by atoms with E-state index in [9.17, 15) is 0 Å². The molecule has 0 bridgehead atoms. The normalized spacial score (nSPS) is 10.8. The van der Waals surface area contributed by atoms with Crippen LogP contribution in [0.15, 0.2) is 35.0 Å². The predicted octanol–water partition coefficient (Wildman–Crippen LogP) is 0.661. The van der Waals surface area contributed by atoms with Gasteiger partial charge < -0.3 is 10.3 Å². The summed E-state index contributed by atoms with van der Waals surface area (Å²) in [5.41, 5.74) is 8.12. The average Bonchev–Trinajstić information content (AvgIpc) is 2.71. The van der Waals surface area contributed by atoms with Crippen LogP contribution in [0, 0.1) is 0 Å². The summed E-state index contributed by atoms with van der Waals surface area (Å²) in [6.45, 7) is 0. The quantitative estimate of drug-likeness (QED) is 0.630. The summed E-state index contributed by atoms with van der Waals surface area (Å²) < 4.78 is 5.80. The fourth-order valence-electron chi connectivity index (χ4n) is 1.65. The lowest BCUT2D eigenvalue weighted by Gasteiger charge is -2.01. The first-order valence-corrected chi connectivity index (χ1v) is 5.55. The molecule has 0 aliphatic heterocycles. The lowest BCUT2D eigenvalue weighted by molar-refractivity contribution is 0.455. The van der Waals surface area contributed by atoms with Crippen LogP contribution in [-0.2, 0) is 0 Å². The number of fused-ring (bicyclic) bond motifs is 1. The van der Waals surface area contributed by atoms with Crippen molar-refractivity contribution in [2.24, 2.45) is 0 Å². The standard InChI is InChI=1S/C11H7N4O.Al/c12-11-13-4-3-9(14-11)7-1-2-10-8(5-7)6-16-15-10;/h1-5H,(H2,12,13,14);. The van der Waals surface area contributed by atoms with Crippen LogP contribution < -0.4 is 10.4 Å². The molecular weight excluding hydrogens is 231 g/mol. The SMILES string of the molecule is Nc1nccc(-c2ccc3no[c]([Al])c3c2)n1. The van der Waals surface area contributed by atoms with E-state index in [4.69, 9.17) is 10.3 Å². The Balaban J connectivity index is 2.20. The topological polar surface area (TPSA) is 77.8 Å². The Morgan fingerprint density at radius 2 is 2.12 bits per heavy atom. The first kappa shape index (κ1) is 10.3. The summed E-state index contributed by atoms with van der Waals surface area (Å²) in [5, 5.41) is 4.87. The third-order valence-corrected chi connectivity index (χ3v) is 2.89. The first-order chi connectivity index (χ1) is 8.24. The van der Waals surface area contributed by atoms with Gasteiger partial charge in [0.25, 0.3) is 0 Å². The van der Waals surface area contributed by atoms with Gasteiger partial charge in [-0.2, -0.15) is 0 Å². The largest absolute Gasteiger partial charge is 0.382 e. The van der Waals surface area contributed by atoms with Crippen molar-refractivity contribution < 1.29 is 4.52 Å². The number of anilines is 1. The zero-order valence-electron chi connectivity index (χ0n) is 8.79. The van der Waals surface area contributed by atoms with Gasteiger partial charge in [-0.3, -0.25) is 0 Å². The molecule has 0 unspecified atom stereocenters. The van der Waals surface area contributed by atoms with Crippen LogP contribution in [0.5, 0.6) is 0 Å². The van der Waals surface area contributed by atoms with Gasteiger partial charge in [0.05, 0.1) is 5.69 Å². The van der Waals surface area contributed by atoms with E-state index in [0.717, 1.165) is 22.2 Å². The van der Waals surface area contributed by atoms with Gasteiger partial charge in [-0.1, -0.05) is 11.2 Å². The molecule has 0 atom stereocenters. The minimum atomic E-state index is 0.263. The van der Waals surface area contributed by atoms with E-state index in [1.165, 1.54) is 0 Å². The Morgan fingerprint density at radius 1 is 1.24 bits per heavy atom. The zero-order valence-corrected chi connectivity index (χ0v) is 9.95. The van der Waals surface area contributed by atoms with Gasteiger partial charge in [0, 0.05) is 21.8 Å². The van der Waals surface area contributed by atoms with Crippen molar-refractivity contribution in [3.8, 4) is 11.3 Å². The van der Waals surface area contributed by atoms with E-state index in [1.807, 2.05) is 24.3 Å². The molecule has 0 aliphatic carbocycles. The van der Waals surface area contributed by atoms with Crippen molar-refractivity contribution in [3.63, 3.8) is 0 Å². The zero-order chi connectivity index (χ0) is 11.8. The molecule has 1 aromatic carbocycles. The summed E-state index contributed by atoms with van der Waals surface area (Å²) in [6, 6.07) is 7.60. The smallest absolute Gasteiger partial charge is 0.247 e. The fourth-order valence-corrected chi connectivity index (χ4v) is 1.94. The van der Waals surface area contributed by atoms with E-state index in [2.05, 4.69) is 31.4 Å². The highest BCUT2D eigenvalue weighted by Crippen LogP contribution is 2.21. The Bertz CT molecular complexity index is 695. The van der Waals surface area contributed by atoms with Gasteiger partial charge in [-0.15, -0.1) is 0 Å². The molecule has 2 heterocycles. The maximum atomic E-state index is 5.56. The molecule has 0 aliphatic rings. The molecule has 0 fully saturated rings. The lowest BCUT2D eigenvalue weighted by atomic mass is 10.1.